The quantitative estimate of drug-likeness (QED) is 0.617. The molecule has 0 N–H and O–H groups in total. The fourth-order valence-corrected chi connectivity index (χ4v) is 4.62. The third-order valence-corrected chi connectivity index (χ3v) is 7.10. The summed E-state index contributed by atoms with van der Waals surface area (Å²) in [5.41, 5.74) is 0. The molecule has 2 rings (SSSR count). The average molecular weight is 418 g/mol. The first-order valence-electron chi connectivity index (χ1n) is 7.76. The molecule has 0 aromatic heterocycles. The van der Waals surface area contributed by atoms with Crippen LogP contribution in [-0.2, 0) is 19.9 Å². The van der Waals surface area contributed by atoms with E-state index in [1.54, 1.807) is 0 Å². The summed E-state index contributed by atoms with van der Waals surface area (Å²) in [6.07, 6.45) is 1.48. The maximum atomic E-state index is 12.7. The summed E-state index contributed by atoms with van der Waals surface area (Å²) in [5, 5.41) is -0.0233. The number of halogens is 1. The van der Waals surface area contributed by atoms with Gasteiger partial charge in [-0.2, -0.15) is 0 Å². The molecule has 0 spiro atoms. The third kappa shape index (κ3) is 5.20. The first kappa shape index (κ1) is 20.7. The summed E-state index contributed by atoms with van der Waals surface area (Å²) >= 11 is 5.99. The lowest BCUT2D eigenvalue weighted by molar-refractivity contribution is 0.296. The number of hydrogen-bond donors (Lipinski definition) is 0. The van der Waals surface area contributed by atoms with Crippen molar-refractivity contribution in [2.75, 3.05) is 26.5 Å². The first-order valence-corrected chi connectivity index (χ1v) is 11.5. The average Bonchev–Trinajstić information content (AvgIpc) is 2.58. The molecule has 2 aromatic carbocycles. The monoisotopic (exact) mass is 417 g/mol. The van der Waals surface area contributed by atoms with Gasteiger partial charge < -0.3 is 4.74 Å². The molecule has 142 valence electrons. The van der Waals surface area contributed by atoms with Crippen molar-refractivity contribution in [3.8, 4) is 5.75 Å². The van der Waals surface area contributed by atoms with E-state index in [-0.39, 0.29) is 21.4 Å². The van der Waals surface area contributed by atoms with Crippen molar-refractivity contribution in [3.63, 3.8) is 0 Å². The van der Waals surface area contributed by atoms with Crippen molar-refractivity contribution in [2.24, 2.45) is 0 Å². The van der Waals surface area contributed by atoms with Gasteiger partial charge in [0.05, 0.1) is 16.5 Å². The van der Waals surface area contributed by atoms with Gasteiger partial charge in [-0.05, 0) is 36.8 Å². The number of sulfone groups is 1. The number of para-hydroxylation sites is 1. The Balaban J connectivity index is 2.07. The molecule has 0 atom stereocenters. The zero-order chi connectivity index (χ0) is 19.4. The van der Waals surface area contributed by atoms with Crippen molar-refractivity contribution in [1.82, 2.24) is 4.31 Å². The maximum Gasteiger partial charge on any atom is 0.244 e. The van der Waals surface area contributed by atoms with E-state index in [1.165, 1.54) is 19.2 Å². The van der Waals surface area contributed by atoms with Crippen LogP contribution < -0.4 is 4.74 Å². The first-order chi connectivity index (χ1) is 12.1. The highest BCUT2D eigenvalue weighted by molar-refractivity contribution is 7.91. The number of sulfonamides is 1. The van der Waals surface area contributed by atoms with Gasteiger partial charge in [-0.1, -0.05) is 29.8 Å². The Labute approximate surface area is 159 Å². The van der Waals surface area contributed by atoms with Crippen LogP contribution in [0.15, 0.2) is 58.3 Å². The molecule has 0 saturated heterocycles. The van der Waals surface area contributed by atoms with Gasteiger partial charge in [-0.25, -0.2) is 21.1 Å². The molecule has 0 radical (unpaired) electrons. The lowest BCUT2D eigenvalue weighted by Crippen LogP contribution is -2.29. The van der Waals surface area contributed by atoms with Gasteiger partial charge in [0, 0.05) is 19.8 Å². The topological polar surface area (TPSA) is 80.8 Å². The lowest BCUT2D eigenvalue weighted by Gasteiger charge is -2.18. The van der Waals surface area contributed by atoms with Crippen molar-refractivity contribution in [1.29, 1.82) is 0 Å². The SMILES string of the molecule is CN(CCCOc1ccccc1)S(=O)(=O)c1cc(S(C)(=O)=O)ccc1Cl. The van der Waals surface area contributed by atoms with Crippen LogP contribution in [0.3, 0.4) is 0 Å². The fraction of sp³-hybridized carbons (Fsp3) is 0.294. The second-order valence-corrected chi connectivity index (χ2v) is 10.1. The largest absolute Gasteiger partial charge is 0.494 e. The van der Waals surface area contributed by atoms with Crippen molar-refractivity contribution in [3.05, 3.63) is 53.6 Å². The Morgan fingerprint density at radius 1 is 1.04 bits per heavy atom. The van der Waals surface area contributed by atoms with Gasteiger partial charge in [0.1, 0.15) is 10.6 Å². The molecule has 9 heteroatoms. The van der Waals surface area contributed by atoms with Crippen LogP contribution in [0, 0.1) is 0 Å². The summed E-state index contributed by atoms with van der Waals surface area (Å²) in [5.74, 6) is 0.710. The number of hydrogen-bond acceptors (Lipinski definition) is 5. The van der Waals surface area contributed by atoms with Crippen LogP contribution in [0.2, 0.25) is 5.02 Å². The van der Waals surface area contributed by atoms with E-state index in [4.69, 9.17) is 16.3 Å². The minimum atomic E-state index is -3.92. The fourth-order valence-electron chi connectivity index (χ4n) is 2.19. The van der Waals surface area contributed by atoms with Gasteiger partial charge in [-0.3, -0.25) is 0 Å². The highest BCUT2D eigenvalue weighted by atomic mass is 35.5. The minimum Gasteiger partial charge on any atom is -0.494 e. The Hall–Kier alpha value is -1.61. The van der Waals surface area contributed by atoms with Gasteiger partial charge >= 0.3 is 0 Å². The molecule has 0 aliphatic rings. The molecule has 0 saturated carbocycles. The van der Waals surface area contributed by atoms with Crippen LogP contribution in [0.5, 0.6) is 5.75 Å². The number of ether oxygens (including phenoxy) is 1. The highest BCUT2D eigenvalue weighted by Gasteiger charge is 2.25. The van der Waals surface area contributed by atoms with Gasteiger partial charge in [0.2, 0.25) is 10.0 Å². The molecule has 0 unspecified atom stereocenters. The Kier molecular flexibility index (Phi) is 6.68. The molecule has 2 aromatic rings. The number of rotatable bonds is 8. The molecule has 6 nitrogen and oxygen atoms in total. The summed E-state index contributed by atoms with van der Waals surface area (Å²) in [7, 11) is -6.04. The molecule has 0 amide bonds. The zero-order valence-corrected chi connectivity index (χ0v) is 16.8. The number of nitrogens with zero attached hydrogens (tertiary/aromatic N) is 1. The van der Waals surface area contributed by atoms with E-state index in [2.05, 4.69) is 0 Å². The smallest absolute Gasteiger partial charge is 0.244 e. The Morgan fingerprint density at radius 3 is 2.31 bits per heavy atom. The van der Waals surface area contributed by atoms with Crippen molar-refractivity contribution < 1.29 is 21.6 Å². The van der Waals surface area contributed by atoms with E-state index in [0.717, 1.165) is 16.6 Å². The van der Waals surface area contributed by atoms with Crippen LogP contribution in [-0.4, -0.2) is 47.6 Å². The molecule has 0 aliphatic carbocycles. The number of benzene rings is 2. The maximum absolute atomic E-state index is 12.7. The second-order valence-electron chi connectivity index (χ2n) is 5.71. The molecular weight excluding hydrogens is 398 g/mol. The van der Waals surface area contributed by atoms with E-state index in [0.29, 0.717) is 18.8 Å². The van der Waals surface area contributed by atoms with E-state index >= 15 is 0 Å². The molecule has 0 bridgehead atoms. The van der Waals surface area contributed by atoms with Crippen LogP contribution in [0.25, 0.3) is 0 Å². The van der Waals surface area contributed by atoms with Gasteiger partial charge in [0.25, 0.3) is 0 Å². The predicted octanol–water partition coefficient (Wildman–Crippen LogP) is 2.83. The highest BCUT2D eigenvalue weighted by Crippen LogP contribution is 2.27. The Morgan fingerprint density at radius 2 is 1.69 bits per heavy atom. The Bertz CT molecular complexity index is 960. The zero-order valence-electron chi connectivity index (χ0n) is 14.4. The summed E-state index contributed by atoms with van der Waals surface area (Å²) in [6, 6.07) is 12.9. The van der Waals surface area contributed by atoms with Crippen LogP contribution in [0.4, 0.5) is 0 Å². The van der Waals surface area contributed by atoms with E-state index < -0.39 is 19.9 Å². The van der Waals surface area contributed by atoms with Gasteiger partial charge in [0.15, 0.2) is 9.84 Å². The van der Waals surface area contributed by atoms with E-state index in [9.17, 15) is 16.8 Å². The molecule has 0 aliphatic heterocycles. The summed E-state index contributed by atoms with van der Waals surface area (Å²) in [4.78, 5) is -0.324. The van der Waals surface area contributed by atoms with Crippen LogP contribution in [0.1, 0.15) is 6.42 Å². The minimum absolute atomic E-state index is 0.0233. The lowest BCUT2D eigenvalue weighted by atomic mass is 10.3. The van der Waals surface area contributed by atoms with E-state index in [1.807, 2.05) is 30.3 Å². The second kappa shape index (κ2) is 8.39. The normalized spacial score (nSPS) is 12.3. The van der Waals surface area contributed by atoms with Crippen LogP contribution >= 0.6 is 11.6 Å². The van der Waals surface area contributed by atoms with Crippen molar-refractivity contribution in [2.45, 2.75) is 16.2 Å². The molecular formula is C17H20ClNO5S2. The third-order valence-electron chi connectivity index (χ3n) is 3.65. The molecule has 0 heterocycles. The molecule has 26 heavy (non-hydrogen) atoms. The predicted molar refractivity (Wildman–Crippen MR) is 101 cm³/mol. The summed E-state index contributed by atoms with van der Waals surface area (Å²) < 4.78 is 55.4. The standard InChI is InChI=1S/C17H20ClNO5S2/c1-19(11-6-12-24-14-7-4-3-5-8-14)26(22,23)17-13-15(25(2,20)21)9-10-16(17)18/h3-5,7-10,13H,6,11-12H2,1-2H3. The molecule has 0 fully saturated rings. The van der Waals surface area contributed by atoms with Crippen molar-refractivity contribution >= 4 is 31.5 Å². The van der Waals surface area contributed by atoms with Gasteiger partial charge in [-0.15, -0.1) is 0 Å². The summed E-state index contributed by atoms with van der Waals surface area (Å²) in [6.45, 7) is 0.551.